The minimum absolute atomic E-state index is 0.0429. The first-order valence-corrected chi connectivity index (χ1v) is 10.8. The molecule has 1 saturated heterocycles. The number of ether oxygens (including phenoxy) is 1. The van der Waals surface area contributed by atoms with Crippen LogP contribution in [-0.4, -0.2) is 62.5 Å². The van der Waals surface area contributed by atoms with Crippen LogP contribution < -0.4 is 5.32 Å². The topological polar surface area (TPSA) is 88.6 Å². The van der Waals surface area contributed by atoms with Gasteiger partial charge in [-0.05, 0) is 29.8 Å². The minimum atomic E-state index is -3.07. The smallest absolute Gasteiger partial charge is 0.255 e. The predicted molar refractivity (Wildman–Crippen MR) is 103 cm³/mol. The van der Waals surface area contributed by atoms with E-state index in [1.54, 1.807) is 12.1 Å². The highest BCUT2D eigenvalue weighted by atomic mass is 32.2. The number of carbonyl (C=O) groups excluding carboxylic acids is 1. The number of hydrogen-bond acceptors (Lipinski definition) is 6. The van der Waals surface area contributed by atoms with E-state index < -0.39 is 27.5 Å². The maximum Gasteiger partial charge on any atom is 0.255 e. The predicted octanol–water partition coefficient (Wildman–Crippen LogP) is 2.03. The molecule has 1 aliphatic heterocycles. The number of carbonyl (C=O) groups is 1. The quantitative estimate of drug-likeness (QED) is 0.762. The summed E-state index contributed by atoms with van der Waals surface area (Å²) in [6.07, 6.45) is 1.39. The monoisotopic (exact) mass is 425 g/mol. The SMILES string of the molecule is COCC(Nc1ccc(C(=O)N2CCS(=O)(=O)CC2)cn1)c1ccc(F)c(F)c1. The molecular weight excluding hydrogens is 404 g/mol. The summed E-state index contributed by atoms with van der Waals surface area (Å²) in [7, 11) is -1.58. The highest BCUT2D eigenvalue weighted by Gasteiger charge is 2.26. The molecule has 0 spiro atoms. The van der Waals surface area contributed by atoms with Crippen LogP contribution in [0, 0.1) is 11.6 Å². The van der Waals surface area contributed by atoms with Crippen molar-refractivity contribution in [2.45, 2.75) is 6.04 Å². The van der Waals surface area contributed by atoms with Gasteiger partial charge in [-0.1, -0.05) is 6.07 Å². The Labute approximate surface area is 167 Å². The zero-order chi connectivity index (χ0) is 21.0. The minimum Gasteiger partial charge on any atom is -0.382 e. The van der Waals surface area contributed by atoms with E-state index in [1.807, 2.05) is 0 Å². The van der Waals surface area contributed by atoms with Crippen LogP contribution in [-0.2, 0) is 14.6 Å². The molecule has 1 atom stereocenters. The number of benzene rings is 1. The van der Waals surface area contributed by atoms with Gasteiger partial charge < -0.3 is 15.0 Å². The van der Waals surface area contributed by atoms with Gasteiger partial charge in [0.2, 0.25) is 0 Å². The third-order valence-electron chi connectivity index (χ3n) is 4.64. The molecule has 2 aromatic rings. The van der Waals surface area contributed by atoms with Crippen molar-refractivity contribution in [1.29, 1.82) is 0 Å². The van der Waals surface area contributed by atoms with Crippen molar-refractivity contribution in [3.8, 4) is 0 Å². The molecule has 1 amide bonds. The molecule has 156 valence electrons. The number of sulfone groups is 1. The molecule has 1 N–H and O–H groups in total. The van der Waals surface area contributed by atoms with E-state index in [0.717, 1.165) is 12.1 Å². The van der Waals surface area contributed by atoms with Gasteiger partial charge >= 0.3 is 0 Å². The van der Waals surface area contributed by atoms with Crippen LogP contribution >= 0.6 is 0 Å². The molecule has 1 fully saturated rings. The van der Waals surface area contributed by atoms with Gasteiger partial charge in [0.25, 0.3) is 5.91 Å². The van der Waals surface area contributed by atoms with Crippen LogP contribution in [0.3, 0.4) is 0 Å². The first kappa shape index (κ1) is 21.1. The number of halogens is 2. The van der Waals surface area contributed by atoms with Crippen molar-refractivity contribution < 1.29 is 26.7 Å². The molecule has 1 aliphatic rings. The standard InChI is InChI=1S/C19H21F2N3O4S/c1-28-12-17(13-2-4-15(20)16(21)10-13)23-18-5-3-14(11-22-18)19(25)24-6-8-29(26,27)9-7-24/h2-5,10-11,17H,6-9,12H2,1H3,(H,22,23). The Morgan fingerprint density at radius 1 is 1.21 bits per heavy atom. The zero-order valence-corrected chi connectivity index (χ0v) is 16.6. The Balaban J connectivity index is 1.69. The van der Waals surface area contributed by atoms with E-state index in [9.17, 15) is 22.0 Å². The fourth-order valence-corrected chi connectivity index (χ4v) is 4.20. The summed E-state index contributed by atoms with van der Waals surface area (Å²) in [5, 5.41) is 3.07. The molecule has 0 bridgehead atoms. The van der Waals surface area contributed by atoms with E-state index >= 15 is 0 Å². The van der Waals surface area contributed by atoms with E-state index in [-0.39, 0.29) is 37.1 Å². The van der Waals surface area contributed by atoms with Gasteiger partial charge in [-0.25, -0.2) is 22.2 Å². The van der Waals surface area contributed by atoms with Gasteiger partial charge in [-0.2, -0.15) is 0 Å². The molecule has 2 heterocycles. The third-order valence-corrected chi connectivity index (χ3v) is 6.25. The maximum atomic E-state index is 13.5. The normalized spacial score (nSPS) is 17.0. The van der Waals surface area contributed by atoms with Crippen LogP contribution in [0.25, 0.3) is 0 Å². The van der Waals surface area contributed by atoms with E-state index in [1.165, 1.54) is 24.3 Å². The molecule has 3 rings (SSSR count). The number of pyridine rings is 1. The summed E-state index contributed by atoms with van der Waals surface area (Å²) >= 11 is 0. The Kier molecular flexibility index (Phi) is 6.43. The number of methoxy groups -OCH3 is 1. The molecule has 0 saturated carbocycles. The average molecular weight is 425 g/mol. The zero-order valence-electron chi connectivity index (χ0n) is 15.8. The molecule has 0 radical (unpaired) electrons. The number of rotatable bonds is 6. The van der Waals surface area contributed by atoms with Crippen LogP contribution in [0.4, 0.5) is 14.6 Å². The van der Waals surface area contributed by atoms with Crippen LogP contribution in [0.5, 0.6) is 0 Å². The molecule has 1 aromatic heterocycles. The van der Waals surface area contributed by atoms with Crippen molar-refractivity contribution in [2.75, 3.05) is 43.6 Å². The number of nitrogens with one attached hydrogen (secondary N) is 1. The molecular formula is C19H21F2N3O4S. The van der Waals surface area contributed by atoms with Gasteiger partial charge in [0.05, 0.1) is 29.7 Å². The van der Waals surface area contributed by atoms with E-state index in [4.69, 9.17) is 4.74 Å². The van der Waals surface area contributed by atoms with Gasteiger partial charge in [-0.3, -0.25) is 4.79 Å². The van der Waals surface area contributed by atoms with E-state index in [0.29, 0.717) is 16.9 Å². The highest BCUT2D eigenvalue weighted by molar-refractivity contribution is 7.91. The molecule has 10 heteroatoms. The summed E-state index contributed by atoms with van der Waals surface area (Å²) in [5.41, 5.74) is 0.827. The van der Waals surface area contributed by atoms with Crippen molar-refractivity contribution in [1.82, 2.24) is 9.88 Å². The van der Waals surface area contributed by atoms with Gasteiger partial charge in [0, 0.05) is 26.4 Å². The Hall–Kier alpha value is -2.59. The summed E-state index contributed by atoms with van der Waals surface area (Å²) < 4.78 is 54.9. The first-order chi connectivity index (χ1) is 13.8. The lowest BCUT2D eigenvalue weighted by atomic mass is 10.1. The fourth-order valence-electron chi connectivity index (χ4n) is 3.00. The number of amides is 1. The van der Waals surface area contributed by atoms with E-state index in [2.05, 4.69) is 10.3 Å². The Morgan fingerprint density at radius 2 is 1.93 bits per heavy atom. The van der Waals surface area contributed by atoms with Crippen molar-refractivity contribution in [3.05, 3.63) is 59.3 Å². The van der Waals surface area contributed by atoms with Crippen LogP contribution in [0.2, 0.25) is 0 Å². The summed E-state index contributed by atoms with van der Waals surface area (Å²) in [6, 6.07) is 6.29. The molecule has 7 nitrogen and oxygen atoms in total. The number of aromatic nitrogens is 1. The lowest BCUT2D eigenvalue weighted by molar-refractivity contribution is 0.0770. The lowest BCUT2D eigenvalue weighted by Gasteiger charge is -2.26. The molecule has 29 heavy (non-hydrogen) atoms. The number of anilines is 1. The Morgan fingerprint density at radius 3 is 2.52 bits per heavy atom. The second kappa shape index (κ2) is 8.83. The van der Waals surface area contributed by atoms with Crippen LogP contribution in [0.15, 0.2) is 36.5 Å². The molecule has 1 aromatic carbocycles. The van der Waals surface area contributed by atoms with Crippen LogP contribution in [0.1, 0.15) is 22.0 Å². The second-order valence-corrected chi connectivity index (χ2v) is 9.01. The molecule has 0 aliphatic carbocycles. The van der Waals surface area contributed by atoms with Crippen molar-refractivity contribution in [3.63, 3.8) is 0 Å². The first-order valence-electron chi connectivity index (χ1n) is 8.95. The van der Waals surface area contributed by atoms with Crippen molar-refractivity contribution in [2.24, 2.45) is 0 Å². The number of hydrogen-bond donors (Lipinski definition) is 1. The molecule has 1 unspecified atom stereocenters. The highest BCUT2D eigenvalue weighted by Crippen LogP contribution is 2.21. The number of nitrogens with zero attached hydrogens (tertiary/aromatic N) is 2. The largest absolute Gasteiger partial charge is 0.382 e. The van der Waals surface area contributed by atoms with Gasteiger partial charge in [0.1, 0.15) is 5.82 Å². The summed E-state index contributed by atoms with van der Waals surface area (Å²) in [4.78, 5) is 18.2. The Bertz CT molecular complexity index is 969. The maximum absolute atomic E-state index is 13.5. The fraction of sp³-hybridized carbons (Fsp3) is 0.368. The van der Waals surface area contributed by atoms with Gasteiger partial charge in [-0.15, -0.1) is 0 Å². The third kappa shape index (κ3) is 5.27. The lowest BCUT2D eigenvalue weighted by Crippen LogP contribution is -2.43. The summed E-state index contributed by atoms with van der Waals surface area (Å²) in [6.45, 7) is 0.510. The summed E-state index contributed by atoms with van der Waals surface area (Å²) in [5.74, 6) is -1.83. The second-order valence-electron chi connectivity index (χ2n) is 6.70. The average Bonchev–Trinajstić information content (AvgIpc) is 2.70. The van der Waals surface area contributed by atoms with Gasteiger partial charge in [0.15, 0.2) is 21.5 Å². The van der Waals surface area contributed by atoms with Crippen molar-refractivity contribution >= 4 is 21.6 Å².